The summed E-state index contributed by atoms with van der Waals surface area (Å²) in [6.07, 6.45) is 0. The molecule has 1 amide bonds. The molecule has 0 spiro atoms. The molecule has 1 saturated heterocycles. The molecule has 0 unspecified atom stereocenters. The maximum Gasteiger partial charge on any atom is 0.255 e. The molecule has 0 atom stereocenters. The Hall–Kier alpha value is -3.70. The average Bonchev–Trinajstić information content (AvgIpc) is 3.25. The van der Waals surface area contributed by atoms with E-state index >= 15 is 0 Å². The minimum Gasteiger partial charge on any atom is -0.497 e. The van der Waals surface area contributed by atoms with Crippen LogP contribution in [-0.2, 0) is 0 Å². The molecule has 0 aliphatic carbocycles. The normalized spacial score (nSPS) is 13.7. The molecule has 0 saturated carbocycles. The van der Waals surface area contributed by atoms with Gasteiger partial charge in [-0.05, 0) is 73.2 Å². The number of rotatable bonds is 5. The molecule has 3 aromatic carbocycles. The second-order valence-electron chi connectivity index (χ2n) is 8.69. The predicted molar refractivity (Wildman–Crippen MR) is 142 cm³/mol. The van der Waals surface area contributed by atoms with E-state index in [2.05, 4.69) is 27.7 Å². The Morgan fingerprint density at radius 3 is 2.17 bits per heavy atom. The fourth-order valence-corrected chi connectivity index (χ4v) is 4.90. The van der Waals surface area contributed by atoms with E-state index in [9.17, 15) is 4.79 Å². The van der Waals surface area contributed by atoms with Gasteiger partial charge in [0.15, 0.2) is 0 Å². The summed E-state index contributed by atoms with van der Waals surface area (Å²) in [5.74, 6) is 0.870. The number of amides is 1. The average molecular weight is 486 g/mol. The van der Waals surface area contributed by atoms with Gasteiger partial charge in [-0.25, -0.2) is 0 Å². The van der Waals surface area contributed by atoms with Crippen LogP contribution in [0.15, 0.2) is 84.9 Å². The van der Waals surface area contributed by atoms with Gasteiger partial charge >= 0.3 is 0 Å². The number of halogens is 1. The second kappa shape index (κ2) is 9.88. The number of aromatic nitrogens is 1. The minimum atomic E-state index is 0.0673. The summed E-state index contributed by atoms with van der Waals surface area (Å²) in [4.78, 5) is 17.9. The lowest BCUT2D eigenvalue weighted by molar-refractivity contribution is 0.0746. The van der Waals surface area contributed by atoms with Crippen LogP contribution in [0.25, 0.3) is 16.9 Å². The molecule has 5 nitrogen and oxygen atoms in total. The van der Waals surface area contributed by atoms with Crippen LogP contribution in [0.4, 0.5) is 5.69 Å². The first-order chi connectivity index (χ1) is 17.0. The molecule has 2 heterocycles. The van der Waals surface area contributed by atoms with Gasteiger partial charge in [0.1, 0.15) is 5.75 Å². The maximum absolute atomic E-state index is 13.7. The standard InChI is InChI=1S/C29H28ClN3O2/c1-21-27(29(34)32-17-15-31(16-18-32)25-10-6-7-23(30)19-25)20-28(22-11-13-26(35-2)14-12-22)33(21)24-8-4-3-5-9-24/h3-14,19-20H,15-18H2,1-2H3. The van der Waals surface area contributed by atoms with Crippen molar-refractivity contribution in [3.05, 3.63) is 101 Å². The number of piperazine rings is 1. The van der Waals surface area contributed by atoms with E-state index < -0.39 is 0 Å². The molecule has 1 aromatic heterocycles. The number of nitrogens with zero attached hydrogens (tertiary/aromatic N) is 3. The van der Waals surface area contributed by atoms with Crippen LogP contribution >= 0.6 is 11.6 Å². The molecular formula is C29H28ClN3O2. The first kappa shape index (κ1) is 23.1. The fourth-order valence-electron chi connectivity index (χ4n) is 4.72. The number of carbonyl (C=O) groups excluding carboxylic acids is 1. The Labute approximate surface area is 211 Å². The minimum absolute atomic E-state index is 0.0673. The lowest BCUT2D eigenvalue weighted by atomic mass is 10.1. The third-order valence-corrected chi connectivity index (χ3v) is 6.85. The maximum atomic E-state index is 13.7. The molecule has 0 bridgehead atoms. The Bertz CT molecular complexity index is 1320. The van der Waals surface area contributed by atoms with Crippen LogP contribution < -0.4 is 9.64 Å². The van der Waals surface area contributed by atoms with Gasteiger partial charge in [-0.15, -0.1) is 0 Å². The number of anilines is 1. The highest BCUT2D eigenvalue weighted by Crippen LogP contribution is 2.31. The molecule has 1 fully saturated rings. The summed E-state index contributed by atoms with van der Waals surface area (Å²) < 4.78 is 7.50. The number of methoxy groups -OCH3 is 1. The SMILES string of the molecule is COc1ccc(-c2cc(C(=O)N3CCN(c4cccc(Cl)c4)CC3)c(C)n2-c2ccccc2)cc1. The molecule has 6 heteroatoms. The van der Waals surface area contributed by atoms with Gasteiger partial charge in [0, 0.05) is 48.3 Å². The molecule has 5 rings (SSSR count). The molecule has 1 aliphatic heterocycles. The highest BCUT2D eigenvalue weighted by atomic mass is 35.5. The number of hydrogen-bond acceptors (Lipinski definition) is 3. The van der Waals surface area contributed by atoms with Crippen LogP contribution in [0.1, 0.15) is 16.1 Å². The number of hydrogen-bond donors (Lipinski definition) is 0. The van der Waals surface area contributed by atoms with E-state index in [4.69, 9.17) is 16.3 Å². The summed E-state index contributed by atoms with van der Waals surface area (Å²) in [5, 5.41) is 0.727. The number of ether oxygens (including phenoxy) is 1. The number of carbonyl (C=O) groups is 1. The van der Waals surface area contributed by atoms with Gasteiger partial charge in [-0.1, -0.05) is 35.9 Å². The summed E-state index contributed by atoms with van der Waals surface area (Å²) in [6, 6.07) is 28.0. The third-order valence-electron chi connectivity index (χ3n) is 6.62. The second-order valence-corrected chi connectivity index (χ2v) is 9.12. The molecular weight excluding hydrogens is 458 g/mol. The zero-order valence-electron chi connectivity index (χ0n) is 19.9. The smallest absolute Gasteiger partial charge is 0.255 e. The van der Waals surface area contributed by atoms with Gasteiger partial charge < -0.3 is 19.1 Å². The van der Waals surface area contributed by atoms with Crippen LogP contribution in [-0.4, -0.2) is 48.7 Å². The van der Waals surface area contributed by atoms with Crippen molar-refractivity contribution < 1.29 is 9.53 Å². The molecule has 0 N–H and O–H groups in total. The number of para-hydroxylation sites is 1. The van der Waals surface area contributed by atoms with Gasteiger partial charge in [-0.3, -0.25) is 4.79 Å². The Morgan fingerprint density at radius 2 is 1.51 bits per heavy atom. The Morgan fingerprint density at radius 1 is 0.829 bits per heavy atom. The van der Waals surface area contributed by atoms with Gasteiger partial charge in [0.25, 0.3) is 5.91 Å². The summed E-state index contributed by atoms with van der Waals surface area (Å²) in [6.45, 7) is 4.90. The predicted octanol–water partition coefficient (Wildman–Crippen LogP) is 6.08. The lowest BCUT2D eigenvalue weighted by Crippen LogP contribution is -2.48. The van der Waals surface area contributed by atoms with Crippen molar-refractivity contribution in [1.29, 1.82) is 0 Å². The highest BCUT2D eigenvalue weighted by Gasteiger charge is 2.26. The van der Waals surface area contributed by atoms with Gasteiger partial charge in [-0.2, -0.15) is 0 Å². The summed E-state index contributed by atoms with van der Waals surface area (Å²) in [7, 11) is 1.66. The van der Waals surface area contributed by atoms with Crippen molar-refractivity contribution in [2.75, 3.05) is 38.2 Å². The first-order valence-electron chi connectivity index (χ1n) is 11.8. The molecule has 178 valence electrons. The fraction of sp³-hybridized carbons (Fsp3) is 0.207. The van der Waals surface area contributed by atoms with E-state index in [1.165, 1.54) is 0 Å². The summed E-state index contributed by atoms with van der Waals surface area (Å²) >= 11 is 6.18. The van der Waals surface area contributed by atoms with Gasteiger partial charge in [0.05, 0.1) is 18.4 Å². The third kappa shape index (κ3) is 4.64. The zero-order valence-corrected chi connectivity index (χ0v) is 20.7. The van der Waals surface area contributed by atoms with E-state index in [1.54, 1.807) is 7.11 Å². The molecule has 0 radical (unpaired) electrons. The van der Waals surface area contributed by atoms with E-state index in [-0.39, 0.29) is 5.91 Å². The highest BCUT2D eigenvalue weighted by molar-refractivity contribution is 6.30. The lowest BCUT2D eigenvalue weighted by Gasteiger charge is -2.36. The number of benzene rings is 3. The molecule has 4 aromatic rings. The zero-order chi connectivity index (χ0) is 24.4. The van der Waals surface area contributed by atoms with Gasteiger partial charge in [0.2, 0.25) is 0 Å². The van der Waals surface area contributed by atoms with E-state index in [1.807, 2.05) is 78.6 Å². The first-order valence-corrected chi connectivity index (χ1v) is 12.1. The van der Waals surface area contributed by atoms with Crippen molar-refractivity contribution in [3.63, 3.8) is 0 Å². The quantitative estimate of drug-likeness (QED) is 0.344. The van der Waals surface area contributed by atoms with Crippen molar-refractivity contribution in [3.8, 4) is 22.7 Å². The largest absolute Gasteiger partial charge is 0.497 e. The molecule has 1 aliphatic rings. The summed E-state index contributed by atoms with van der Waals surface area (Å²) in [5.41, 5.74) is 5.80. The van der Waals surface area contributed by atoms with E-state index in [0.717, 1.165) is 57.8 Å². The Kier molecular flexibility index (Phi) is 6.51. The van der Waals surface area contributed by atoms with Crippen LogP contribution in [0.2, 0.25) is 5.02 Å². The molecule has 35 heavy (non-hydrogen) atoms. The van der Waals surface area contributed by atoms with E-state index in [0.29, 0.717) is 13.1 Å². The van der Waals surface area contributed by atoms with Crippen molar-refractivity contribution in [2.45, 2.75) is 6.92 Å². The van der Waals surface area contributed by atoms with Crippen LogP contribution in [0.3, 0.4) is 0 Å². The van der Waals surface area contributed by atoms with Crippen molar-refractivity contribution >= 4 is 23.2 Å². The van der Waals surface area contributed by atoms with Crippen molar-refractivity contribution in [1.82, 2.24) is 9.47 Å². The monoisotopic (exact) mass is 485 g/mol. The Balaban J connectivity index is 1.44. The van der Waals surface area contributed by atoms with Crippen LogP contribution in [0, 0.1) is 6.92 Å². The topological polar surface area (TPSA) is 37.7 Å². The van der Waals surface area contributed by atoms with Crippen molar-refractivity contribution in [2.24, 2.45) is 0 Å². The van der Waals surface area contributed by atoms with Crippen LogP contribution in [0.5, 0.6) is 5.75 Å².